The van der Waals surface area contributed by atoms with E-state index in [9.17, 15) is 0 Å². The number of halogens is 1. The quantitative estimate of drug-likeness (QED) is 0.680. The molecule has 1 aliphatic carbocycles. The summed E-state index contributed by atoms with van der Waals surface area (Å²) < 4.78 is 1.98. The standard InChI is InChI=1S/C20H23ClN4/c1-13-19(14(2)24(3)23-13)12-25(18-7-8-18)11-17-6-4-15-10-16(21)5-9-20(15)22-17/h4-6,9-10,18H,7-8,11-12H2,1-3H3. The molecular formula is C20H23ClN4. The highest BCUT2D eigenvalue weighted by Crippen LogP contribution is 2.31. The molecule has 0 bridgehead atoms. The van der Waals surface area contributed by atoms with Crippen LogP contribution >= 0.6 is 11.6 Å². The van der Waals surface area contributed by atoms with Crippen LogP contribution in [0.1, 0.15) is 35.5 Å². The van der Waals surface area contributed by atoms with Gasteiger partial charge in [-0.3, -0.25) is 14.6 Å². The summed E-state index contributed by atoms with van der Waals surface area (Å²) in [5.41, 5.74) is 5.85. The molecule has 1 aliphatic rings. The number of benzene rings is 1. The van der Waals surface area contributed by atoms with Gasteiger partial charge in [-0.1, -0.05) is 17.7 Å². The second-order valence-corrected chi connectivity index (χ2v) is 7.49. The predicted molar refractivity (Wildman–Crippen MR) is 102 cm³/mol. The van der Waals surface area contributed by atoms with Crippen molar-refractivity contribution in [3.05, 3.63) is 58.0 Å². The molecule has 3 aromatic rings. The Morgan fingerprint density at radius 2 is 1.96 bits per heavy atom. The summed E-state index contributed by atoms with van der Waals surface area (Å²) in [6, 6.07) is 10.8. The summed E-state index contributed by atoms with van der Waals surface area (Å²) in [4.78, 5) is 7.38. The Kier molecular flexibility index (Phi) is 4.26. The van der Waals surface area contributed by atoms with Gasteiger partial charge in [0.25, 0.3) is 0 Å². The zero-order valence-electron chi connectivity index (χ0n) is 15.0. The molecule has 0 saturated heterocycles. The van der Waals surface area contributed by atoms with E-state index in [2.05, 4.69) is 36.0 Å². The van der Waals surface area contributed by atoms with Crippen LogP contribution in [0.2, 0.25) is 5.02 Å². The second-order valence-electron chi connectivity index (χ2n) is 7.05. The summed E-state index contributed by atoms with van der Waals surface area (Å²) in [5, 5.41) is 6.41. The first-order valence-corrected chi connectivity index (χ1v) is 9.17. The number of hydrogen-bond donors (Lipinski definition) is 0. The van der Waals surface area contributed by atoms with E-state index >= 15 is 0 Å². The van der Waals surface area contributed by atoms with Crippen LogP contribution in [-0.2, 0) is 20.1 Å². The Morgan fingerprint density at radius 1 is 1.16 bits per heavy atom. The van der Waals surface area contributed by atoms with Gasteiger partial charge in [0.1, 0.15) is 0 Å². The Bertz CT molecular complexity index is 927. The Labute approximate surface area is 153 Å². The van der Waals surface area contributed by atoms with Gasteiger partial charge < -0.3 is 0 Å². The van der Waals surface area contributed by atoms with E-state index in [0.29, 0.717) is 6.04 Å². The number of pyridine rings is 1. The fourth-order valence-corrected chi connectivity index (χ4v) is 3.62. The average molecular weight is 355 g/mol. The van der Waals surface area contributed by atoms with Crippen LogP contribution in [0, 0.1) is 13.8 Å². The third-order valence-corrected chi connectivity index (χ3v) is 5.39. The van der Waals surface area contributed by atoms with Crippen molar-refractivity contribution in [2.75, 3.05) is 0 Å². The maximum absolute atomic E-state index is 6.07. The van der Waals surface area contributed by atoms with E-state index in [1.54, 1.807) is 0 Å². The van der Waals surface area contributed by atoms with Crippen molar-refractivity contribution >= 4 is 22.5 Å². The van der Waals surface area contributed by atoms with E-state index in [4.69, 9.17) is 16.6 Å². The smallest absolute Gasteiger partial charge is 0.0706 e. The summed E-state index contributed by atoms with van der Waals surface area (Å²) in [6.45, 7) is 6.07. The minimum absolute atomic E-state index is 0.668. The molecule has 130 valence electrons. The molecule has 2 heterocycles. The van der Waals surface area contributed by atoms with Gasteiger partial charge in [0.2, 0.25) is 0 Å². The maximum atomic E-state index is 6.07. The Morgan fingerprint density at radius 3 is 2.64 bits per heavy atom. The molecule has 0 amide bonds. The highest BCUT2D eigenvalue weighted by molar-refractivity contribution is 6.31. The molecule has 4 rings (SSSR count). The number of hydrogen-bond acceptors (Lipinski definition) is 3. The van der Waals surface area contributed by atoms with Crippen LogP contribution in [0.15, 0.2) is 30.3 Å². The topological polar surface area (TPSA) is 34.0 Å². The van der Waals surface area contributed by atoms with Crippen molar-refractivity contribution in [1.29, 1.82) is 0 Å². The number of aryl methyl sites for hydroxylation is 2. The second kappa shape index (κ2) is 6.43. The first kappa shape index (κ1) is 16.6. The zero-order valence-corrected chi connectivity index (χ0v) is 15.7. The molecule has 1 aromatic carbocycles. The molecule has 2 aromatic heterocycles. The molecule has 1 fully saturated rings. The van der Waals surface area contributed by atoms with Crippen molar-refractivity contribution in [2.24, 2.45) is 7.05 Å². The normalized spacial score (nSPS) is 14.6. The molecule has 4 nitrogen and oxygen atoms in total. The molecule has 0 atom stereocenters. The van der Waals surface area contributed by atoms with Crippen LogP contribution in [-0.4, -0.2) is 25.7 Å². The maximum Gasteiger partial charge on any atom is 0.0706 e. The predicted octanol–water partition coefficient (Wildman–Crippen LogP) is 4.40. The molecular weight excluding hydrogens is 332 g/mol. The van der Waals surface area contributed by atoms with Crippen molar-refractivity contribution in [3.8, 4) is 0 Å². The van der Waals surface area contributed by atoms with E-state index in [1.807, 2.05) is 29.9 Å². The van der Waals surface area contributed by atoms with E-state index < -0.39 is 0 Å². The largest absolute Gasteiger partial charge is 0.290 e. The first-order valence-electron chi connectivity index (χ1n) is 8.79. The lowest BCUT2D eigenvalue weighted by Gasteiger charge is -2.22. The van der Waals surface area contributed by atoms with Gasteiger partial charge in [-0.05, 0) is 51.0 Å². The molecule has 0 unspecified atom stereocenters. The molecule has 0 spiro atoms. The minimum atomic E-state index is 0.668. The van der Waals surface area contributed by atoms with Gasteiger partial charge >= 0.3 is 0 Å². The molecule has 25 heavy (non-hydrogen) atoms. The summed E-state index contributed by atoms with van der Waals surface area (Å²) in [6.07, 6.45) is 2.56. The molecule has 5 heteroatoms. The highest BCUT2D eigenvalue weighted by Gasteiger charge is 2.30. The van der Waals surface area contributed by atoms with Crippen LogP contribution in [0.25, 0.3) is 10.9 Å². The lowest BCUT2D eigenvalue weighted by molar-refractivity contribution is 0.242. The third-order valence-electron chi connectivity index (χ3n) is 5.16. The van der Waals surface area contributed by atoms with Crippen LogP contribution < -0.4 is 0 Å². The number of nitrogens with zero attached hydrogens (tertiary/aromatic N) is 4. The van der Waals surface area contributed by atoms with Gasteiger partial charge in [0.05, 0.1) is 16.9 Å². The number of aromatic nitrogens is 3. The first-order chi connectivity index (χ1) is 12.0. The molecule has 0 aliphatic heterocycles. The van der Waals surface area contributed by atoms with Gasteiger partial charge in [-0.2, -0.15) is 5.10 Å². The summed E-state index contributed by atoms with van der Waals surface area (Å²) in [7, 11) is 2.02. The SMILES string of the molecule is Cc1nn(C)c(C)c1CN(Cc1ccc2cc(Cl)ccc2n1)C1CC1. The fraction of sp³-hybridized carbons (Fsp3) is 0.400. The Balaban J connectivity index is 1.59. The van der Waals surface area contributed by atoms with Gasteiger partial charge in [0, 0.05) is 47.8 Å². The monoisotopic (exact) mass is 354 g/mol. The lowest BCUT2D eigenvalue weighted by atomic mass is 10.1. The minimum Gasteiger partial charge on any atom is -0.290 e. The lowest BCUT2D eigenvalue weighted by Crippen LogP contribution is -2.26. The van der Waals surface area contributed by atoms with Crippen LogP contribution in [0.5, 0.6) is 0 Å². The molecule has 0 N–H and O–H groups in total. The van der Waals surface area contributed by atoms with E-state index in [-0.39, 0.29) is 0 Å². The average Bonchev–Trinajstić information content (AvgIpc) is 3.39. The fourth-order valence-electron chi connectivity index (χ4n) is 3.44. The van der Waals surface area contributed by atoms with Crippen LogP contribution in [0.3, 0.4) is 0 Å². The van der Waals surface area contributed by atoms with Crippen molar-refractivity contribution in [2.45, 2.75) is 45.8 Å². The number of rotatable bonds is 5. The molecule has 1 saturated carbocycles. The van der Waals surface area contributed by atoms with Gasteiger partial charge in [0.15, 0.2) is 0 Å². The van der Waals surface area contributed by atoms with E-state index in [1.165, 1.54) is 24.1 Å². The number of fused-ring (bicyclic) bond motifs is 1. The van der Waals surface area contributed by atoms with Crippen molar-refractivity contribution in [1.82, 2.24) is 19.7 Å². The third kappa shape index (κ3) is 3.42. The highest BCUT2D eigenvalue weighted by atomic mass is 35.5. The summed E-state index contributed by atoms with van der Waals surface area (Å²) in [5.74, 6) is 0. The summed E-state index contributed by atoms with van der Waals surface area (Å²) >= 11 is 6.07. The van der Waals surface area contributed by atoms with Crippen LogP contribution in [0.4, 0.5) is 0 Å². The van der Waals surface area contributed by atoms with Gasteiger partial charge in [-0.25, -0.2) is 0 Å². The zero-order chi connectivity index (χ0) is 17.6. The Hall–Kier alpha value is -1.91. The van der Waals surface area contributed by atoms with Crippen molar-refractivity contribution < 1.29 is 0 Å². The van der Waals surface area contributed by atoms with Gasteiger partial charge in [-0.15, -0.1) is 0 Å². The molecule has 0 radical (unpaired) electrons. The van der Waals surface area contributed by atoms with Crippen molar-refractivity contribution in [3.63, 3.8) is 0 Å². The van der Waals surface area contributed by atoms with E-state index in [0.717, 1.165) is 40.4 Å².